The molecular weight excluding hydrogens is 240 g/mol. The minimum absolute atomic E-state index is 0.869. The molecular formula is C15H14N2S. The Morgan fingerprint density at radius 2 is 2.00 bits per heavy atom. The van der Waals surface area contributed by atoms with Crippen molar-refractivity contribution in [1.29, 1.82) is 0 Å². The summed E-state index contributed by atoms with van der Waals surface area (Å²) in [6.07, 6.45) is 3.90. The summed E-state index contributed by atoms with van der Waals surface area (Å²) in [5.41, 5.74) is 2.60. The van der Waals surface area contributed by atoms with Gasteiger partial charge < -0.3 is 4.57 Å². The van der Waals surface area contributed by atoms with Gasteiger partial charge >= 0.3 is 0 Å². The van der Waals surface area contributed by atoms with E-state index in [1.54, 1.807) is 11.3 Å². The molecule has 0 radical (unpaired) electrons. The summed E-state index contributed by atoms with van der Waals surface area (Å²) < 4.78 is 2.19. The topological polar surface area (TPSA) is 17.8 Å². The maximum atomic E-state index is 4.45. The van der Waals surface area contributed by atoms with Crippen molar-refractivity contribution in [1.82, 2.24) is 9.55 Å². The first kappa shape index (κ1) is 11.2. The van der Waals surface area contributed by atoms with Crippen LogP contribution in [0.1, 0.15) is 11.1 Å². The zero-order valence-corrected chi connectivity index (χ0v) is 11.0. The molecule has 0 amide bonds. The number of rotatable bonds is 3. The van der Waals surface area contributed by atoms with E-state index in [-0.39, 0.29) is 0 Å². The second-order valence-electron chi connectivity index (χ2n) is 4.34. The van der Waals surface area contributed by atoms with E-state index in [2.05, 4.69) is 58.3 Å². The summed E-state index contributed by atoms with van der Waals surface area (Å²) in [5.74, 6) is 1.05. The maximum Gasteiger partial charge on any atom is 0.150 e. The Morgan fingerprint density at radius 3 is 2.72 bits per heavy atom. The molecule has 2 heterocycles. The molecule has 0 fully saturated rings. The van der Waals surface area contributed by atoms with Crippen LogP contribution in [-0.4, -0.2) is 9.55 Å². The van der Waals surface area contributed by atoms with Crippen LogP contribution in [0, 0.1) is 6.92 Å². The van der Waals surface area contributed by atoms with Gasteiger partial charge in [0.1, 0.15) is 5.82 Å². The van der Waals surface area contributed by atoms with Crippen molar-refractivity contribution in [2.24, 2.45) is 0 Å². The molecule has 90 valence electrons. The van der Waals surface area contributed by atoms with Gasteiger partial charge in [-0.05, 0) is 23.9 Å². The predicted octanol–water partition coefficient (Wildman–Crippen LogP) is 3.97. The van der Waals surface area contributed by atoms with Crippen LogP contribution in [0.4, 0.5) is 0 Å². The molecule has 0 unspecified atom stereocenters. The van der Waals surface area contributed by atoms with Crippen LogP contribution in [-0.2, 0) is 6.54 Å². The third kappa shape index (κ3) is 2.22. The van der Waals surface area contributed by atoms with Gasteiger partial charge in [-0.2, -0.15) is 0 Å². The molecule has 3 heteroatoms. The number of thiophene rings is 1. The van der Waals surface area contributed by atoms with E-state index in [4.69, 9.17) is 0 Å². The van der Waals surface area contributed by atoms with Crippen molar-refractivity contribution < 1.29 is 0 Å². The molecule has 0 saturated heterocycles. The molecule has 0 bridgehead atoms. The van der Waals surface area contributed by atoms with Crippen molar-refractivity contribution >= 4 is 11.3 Å². The Hall–Kier alpha value is -1.87. The van der Waals surface area contributed by atoms with Crippen LogP contribution >= 0.6 is 11.3 Å². The van der Waals surface area contributed by atoms with Gasteiger partial charge in [0.05, 0.1) is 4.88 Å². The number of benzene rings is 1. The lowest BCUT2D eigenvalue weighted by atomic mass is 10.1. The van der Waals surface area contributed by atoms with E-state index < -0.39 is 0 Å². The fourth-order valence-electron chi connectivity index (χ4n) is 1.96. The smallest absolute Gasteiger partial charge is 0.150 e. The summed E-state index contributed by atoms with van der Waals surface area (Å²) in [4.78, 5) is 5.66. The molecule has 18 heavy (non-hydrogen) atoms. The Bertz CT molecular complexity index is 621. The molecule has 3 rings (SSSR count). The fraction of sp³-hybridized carbons (Fsp3) is 0.133. The van der Waals surface area contributed by atoms with Gasteiger partial charge in [-0.15, -0.1) is 11.3 Å². The molecule has 0 N–H and O–H groups in total. The van der Waals surface area contributed by atoms with Crippen LogP contribution in [0.15, 0.2) is 54.2 Å². The number of nitrogens with zero attached hydrogens (tertiary/aromatic N) is 2. The molecule has 0 aliphatic carbocycles. The highest BCUT2D eigenvalue weighted by Gasteiger charge is 2.06. The van der Waals surface area contributed by atoms with Gasteiger partial charge in [0, 0.05) is 18.9 Å². The first-order valence-electron chi connectivity index (χ1n) is 5.93. The zero-order chi connectivity index (χ0) is 12.4. The van der Waals surface area contributed by atoms with Crippen LogP contribution in [0.5, 0.6) is 0 Å². The van der Waals surface area contributed by atoms with E-state index in [1.807, 2.05) is 12.4 Å². The van der Waals surface area contributed by atoms with Crippen LogP contribution in [0.3, 0.4) is 0 Å². The second-order valence-corrected chi connectivity index (χ2v) is 5.29. The molecule has 0 atom stereocenters. The molecule has 0 aliphatic heterocycles. The van der Waals surface area contributed by atoms with Crippen molar-refractivity contribution in [2.45, 2.75) is 13.5 Å². The van der Waals surface area contributed by atoms with Crippen molar-refractivity contribution in [3.05, 3.63) is 65.3 Å². The minimum atomic E-state index is 0.869. The molecule has 2 nitrogen and oxygen atoms in total. The Morgan fingerprint density at radius 1 is 1.17 bits per heavy atom. The number of hydrogen-bond acceptors (Lipinski definition) is 2. The molecule has 0 aliphatic rings. The molecule has 0 saturated carbocycles. The summed E-state index contributed by atoms with van der Waals surface area (Å²) in [6.45, 7) is 2.98. The van der Waals surface area contributed by atoms with Crippen molar-refractivity contribution in [2.75, 3.05) is 0 Å². The largest absolute Gasteiger partial charge is 0.326 e. The van der Waals surface area contributed by atoms with E-state index in [1.165, 1.54) is 16.0 Å². The lowest BCUT2D eigenvalue weighted by Crippen LogP contribution is -2.00. The van der Waals surface area contributed by atoms with Crippen LogP contribution in [0.25, 0.3) is 10.7 Å². The highest BCUT2D eigenvalue weighted by atomic mass is 32.1. The number of aryl methyl sites for hydroxylation is 1. The van der Waals surface area contributed by atoms with Gasteiger partial charge in [0.25, 0.3) is 0 Å². The van der Waals surface area contributed by atoms with E-state index in [0.717, 1.165) is 12.4 Å². The lowest BCUT2D eigenvalue weighted by molar-refractivity contribution is 0.808. The van der Waals surface area contributed by atoms with E-state index >= 15 is 0 Å². The SMILES string of the molecule is Cc1ccc(Cn2ccnc2-c2cccs2)cc1. The molecule has 2 aromatic heterocycles. The van der Waals surface area contributed by atoms with Gasteiger partial charge in [0.15, 0.2) is 0 Å². The highest BCUT2D eigenvalue weighted by Crippen LogP contribution is 2.23. The summed E-state index contributed by atoms with van der Waals surface area (Å²) in [5, 5.41) is 2.08. The number of hydrogen-bond donors (Lipinski definition) is 0. The Kier molecular flexibility index (Phi) is 2.99. The monoisotopic (exact) mass is 254 g/mol. The Balaban J connectivity index is 1.90. The number of aromatic nitrogens is 2. The summed E-state index contributed by atoms with van der Waals surface area (Å²) >= 11 is 1.72. The third-order valence-electron chi connectivity index (χ3n) is 2.93. The van der Waals surface area contributed by atoms with Crippen molar-refractivity contribution in [3.63, 3.8) is 0 Å². The fourth-order valence-corrected chi connectivity index (χ4v) is 2.69. The lowest BCUT2D eigenvalue weighted by Gasteiger charge is -2.07. The van der Waals surface area contributed by atoms with Gasteiger partial charge in [0.2, 0.25) is 0 Å². The minimum Gasteiger partial charge on any atom is -0.326 e. The molecule has 3 aromatic rings. The average molecular weight is 254 g/mol. The van der Waals surface area contributed by atoms with Crippen LogP contribution < -0.4 is 0 Å². The second kappa shape index (κ2) is 4.78. The predicted molar refractivity (Wildman–Crippen MR) is 75.8 cm³/mol. The summed E-state index contributed by atoms with van der Waals surface area (Å²) in [7, 11) is 0. The number of imidazole rings is 1. The van der Waals surface area contributed by atoms with Crippen molar-refractivity contribution in [3.8, 4) is 10.7 Å². The van der Waals surface area contributed by atoms with E-state index in [9.17, 15) is 0 Å². The van der Waals surface area contributed by atoms with Gasteiger partial charge in [-0.25, -0.2) is 4.98 Å². The quantitative estimate of drug-likeness (QED) is 0.691. The zero-order valence-electron chi connectivity index (χ0n) is 10.2. The summed E-state index contributed by atoms with van der Waals surface area (Å²) in [6, 6.07) is 12.8. The van der Waals surface area contributed by atoms with Crippen LogP contribution in [0.2, 0.25) is 0 Å². The normalized spacial score (nSPS) is 10.7. The van der Waals surface area contributed by atoms with Gasteiger partial charge in [-0.1, -0.05) is 35.9 Å². The standard InChI is InChI=1S/C15H14N2S/c1-12-4-6-13(7-5-12)11-17-9-8-16-15(17)14-3-2-10-18-14/h2-10H,11H2,1H3. The van der Waals surface area contributed by atoms with Gasteiger partial charge in [-0.3, -0.25) is 0 Å². The average Bonchev–Trinajstić information content (AvgIpc) is 3.02. The maximum absolute atomic E-state index is 4.45. The van der Waals surface area contributed by atoms with E-state index in [0.29, 0.717) is 0 Å². The first-order valence-corrected chi connectivity index (χ1v) is 6.81. The third-order valence-corrected chi connectivity index (χ3v) is 3.80. The highest BCUT2D eigenvalue weighted by molar-refractivity contribution is 7.13. The molecule has 0 spiro atoms. The first-order chi connectivity index (χ1) is 8.83. The molecule has 1 aromatic carbocycles. The Labute approximate surface area is 111 Å².